The number of rotatable bonds is 3. The van der Waals surface area contributed by atoms with E-state index in [1.54, 1.807) is 0 Å². The number of carbonyl (C=O) groups is 1. The fourth-order valence-corrected chi connectivity index (χ4v) is 2.81. The third kappa shape index (κ3) is 3.32. The summed E-state index contributed by atoms with van der Waals surface area (Å²) in [5.41, 5.74) is 2.21. The number of carbonyl (C=O) groups excluding carboxylic acids is 1. The molecule has 2 aromatic rings. The van der Waals surface area contributed by atoms with Crippen LogP contribution in [0.2, 0.25) is 0 Å². The maximum Gasteiger partial charge on any atom is 0.292 e. The van der Waals surface area contributed by atoms with Crippen LogP contribution in [0.4, 0.5) is 8.78 Å². The first-order valence-electron chi connectivity index (χ1n) is 7.11. The lowest BCUT2D eigenvalue weighted by Crippen LogP contribution is -2.35. The molecule has 2 nitrogen and oxygen atoms in total. The van der Waals surface area contributed by atoms with Gasteiger partial charge in [0, 0.05) is 5.41 Å². The lowest BCUT2D eigenvalue weighted by molar-refractivity contribution is -0.126. The van der Waals surface area contributed by atoms with Crippen LogP contribution in [0.15, 0.2) is 48.5 Å². The van der Waals surface area contributed by atoms with E-state index < -0.39 is 0 Å². The highest BCUT2D eigenvalue weighted by Crippen LogP contribution is 2.48. The van der Waals surface area contributed by atoms with Crippen LogP contribution in [-0.4, -0.2) is 13.6 Å². The minimum Gasteiger partial charge on any atom is -0.471 e. The maximum absolute atomic E-state index is 13.0. The second-order valence-corrected chi connectivity index (χ2v) is 5.28. The van der Waals surface area contributed by atoms with Gasteiger partial charge in [0.05, 0.1) is 7.11 Å². The van der Waals surface area contributed by atoms with Crippen LogP contribution in [0.1, 0.15) is 30.4 Å². The SMILES string of the molecule is COC=O.Fc1ccc(C2(c3ccc(F)cc3)CCC2)cc1. The largest absolute Gasteiger partial charge is 0.471 e. The van der Waals surface area contributed by atoms with Gasteiger partial charge in [0.15, 0.2) is 0 Å². The van der Waals surface area contributed by atoms with E-state index in [9.17, 15) is 8.78 Å². The molecule has 0 atom stereocenters. The number of halogens is 2. The quantitative estimate of drug-likeness (QED) is 0.793. The Bertz CT molecular complexity index is 554. The van der Waals surface area contributed by atoms with Gasteiger partial charge in [-0.1, -0.05) is 30.7 Å². The third-order valence-corrected chi connectivity index (χ3v) is 4.10. The average molecular weight is 304 g/mol. The first kappa shape index (κ1) is 16.1. The van der Waals surface area contributed by atoms with Gasteiger partial charge in [-0.25, -0.2) is 8.78 Å². The Kier molecular flexibility index (Phi) is 5.26. The van der Waals surface area contributed by atoms with Gasteiger partial charge in [0.2, 0.25) is 0 Å². The summed E-state index contributed by atoms with van der Waals surface area (Å²) in [5.74, 6) is -0.431. The first-order chi connectivity index (χ1) is 10.6. The minimum atomic E-state index is -0.215. The lowest BCUT2D eigenvalue weighted by Gasteiger charge is -2.43. The molecule has 3 rings (SSSR count). The molecule has 1 saturated carbocycles. The molecule has 1 aliphatic carbocycles. The molecule has 22 heavy (non-hydrogen) atoms. The van der Waals surface area contributed by atoms with Crippen LogP contribution in [0.3, 0.4) is 0 Å². The number of ether oxygens (including phenoxy) is 1. The van der Waals surface area contributed by atoms with Crippen molar-refractivity contribution in [3.8, 4) is 0 Å². The average Bonchev–Trinajstić information content (AvgIpc) is 2.50. The molecule has 0 amide bonds. The van der Waals surface area contributed by atoms with Crippen LogP contribution >= 0.6 is 0 Å². The Morgan fingerprint density at radius 2 is 1.27 bits per heavy atom. The molecule has 0 saturated heterocycles. The third-order valence-electron chi connectivity index (χ3n) is 4.10. The number of benzene rings is 2. The Hall–Kier alpha value is -2.23. The molecule has 1 aliphatic rings. The smallest absolute Gasteiger partial charge is 0.292 e. The summed E-state index contributed by atoms with van der Waals surface area (Å²) in [4.78, 5) is 8.95. The zero-order valence-electron chi connectivity index (χ0n) is 12.4. The Morgan fingerprint density at radius 1 is 0.909 bits per heavy atom. The molecule has 1 fully saturated rings. The standard InChI is InChI=1S/C16H14F2.C2H4O2/c17-14-6-2-12(3-7-14)16(10-1-11-16)13-4-8-15(18)9-5-13;1-4-2-3/h2-9H,1,10-11H2;2H,1H3. The van der Waals surface area contributed by atoms with Crippen LogP contribution in [0, 0.1) is 11.6 Å². The summed E-state index contributed by atoms with van der Waals surface area (Å²) < 4.78 is 29.9. The van der Waals surface area contributed by atoms with Gasteiger partial charge in [-0.3, -0.25) is 4.79 Å². The molecular weight excluding hydrogens is 286 g/mol. The van der Waals surface area contributed by atoms with Crippen LogP contribution in [0.25, 0.3) is 0 Å². The van der Waals surface area contributed by atoms with Gasteiger partial charge in [-0.15, -0.1) is 0 Å². The van der Waals surface area contributed by atoms with Crippen molar-refractivity contribution in [2.24, 2.45) is 0 Å². The Balaban J connectivity index is 0.000000396. The molecular formula is C18H18F2O2. The van der Waals surface area contributed by atoms with Crippen LogP contribution < -0.4 is 0 Å². The zero-order chi connectivity index (χ0) is 16.0. The van der Waals surface area contributed by atoms with Gasteiger partial charge in [0.25, 0.3) is 6.47 Å². The number of methoxy groups -OCH3 is 1. The predicted octanol–water partition coefficient (Wildman–Crippen LogP) is 4.22. The van der Waals surface area contributed by atoms with Gasteiger partial charge in [0.1, 0.15) is 11.6 Å². The molecule has 0 radical (unpaired) electrons. The molecule has 4 heteroatoms. The summed E-state index contributed by atoms with van der Waals surface area (Å²) in [5, 5.41) is 0. The van der Waals surface area contributed by atoms with Gasteiger partial charge in [-0.05, 0) is 48.2 Å². The van der Waals surface area contributed by atoms with Crippen molar-refractivity contribution in [1.82, 2.24) is 0 Å². The van der Waals surface area contributed by atoms with Crippen LogP contribution in [-0.2, 0) is 14.9 Å². The number of hydrogen-bond donors (Lipinski definition) is 0. The molecule has 0 heterocycles. The highest BCUT2D eigenvalue weighted by molar-refractivity contribution is 5.41. The maximum atomic E-state index is 13.0. The van der Waals surface area contributed by atoms with Crippen molar-refractivity contribution >= 4 is 6.47 Å². The van der Waals surface area contributed by atoms with E-state index in [0.717, 1.165) is 30.4 Å². The highest BCUT2D eigenvalue weighted by atomic mass is 19.1. The summed E-state index contributed by atoms with van der Waals surface area (Å²) in [6.07, 6.45) is 3.25. The summed E-state index contributed by atoms with van der Waals surface area (Å²) in [6, 6.07) is 13.4. The Morgan fingerprint density at radius 3 is 1.50 bits per heavy atom. The normalized spacial score (nSPS) is 15.0. The first-order valence-corrected chi connectivity index (χ1v) is 7.11. The number of hydrogen-bond acceptors (Lipinski definition) is 2. The summed E-state index contributed by atoms with van der Waals surface area (Å²) in [6.45, 7) is 0.375. The van der Waals surface area contributed by atoms with Crippen molar-refractivity contribution in [3.63, 3.8) is 0 Å². The predicted molar refractivity (Wildman–Crippen MR) is 80.5 cm³/mol. The second kappa shape index (κ2) is 7.16. The molecule has 0 spiro atoms. The van der Waals surface area contributed by atoms with E-state index in [-0.39, 0.29) is 17.0 Å². The van der Waals surface area contributed by atoms with E-state index in [4.69, 9.17) is 4.79 Å². The fourth-order valence-electron chi connectivity index (χ4n) is 2.81. The molecule has 0 bridgehead atoms. The minimum absolute atomic E-state index is 0.0403. The summed E-state index contributed by atoms with van der Waals surface area (Å²) in [7, 11) is 1.31. The van der Waals surface area contributed by atoms with Crippen LogP contribution in [0.5, 0.6) is 0 Å². The lowest BCUT2D eigenvalue weighted by atomic mass is 9.60. The van der Waals surface area contributed by atoms with Crippen molar-refractivity contribution in [1.29, 1.82) is 0 Å². The van der Waals surface area contributed by atoms with E-state index >= 15 is 0 Å². The molecule has 0 unspecified atom stereocenters. The highest BCUT2D eigenvalue weighted by Gasteiger charge is 2.40. The van der Waals surface area contributed by atoms with Crippen molar-refractivity contribution < 1.29 is 18.3 Å². The molecule has 0 aromatic heterocycles. The molecule has 116 valence electrons. The van der Waals surface area contributed by atoms with Gasteiger partial charge in [-0.2, -0.15) is 0 Å². The van der Waals surface area contributed by atoms with E-state index in [0.29, 0.717) is 6.47 Å². The zero-order valence-corrected chi connectivity index (χ0v) is 12.4. The van der Waals surface area contributed by atoms with Crippen molar-refractivity contribution in [2.45, 2.75) is 24.7 Å². The summed E-state index contributed by atoms with van der Waals surface area (Å²) >= 11 is 0. The second-order valence-electron chi connectivity index (χ2n) is 5.28. The Labute approximate surface area is 128 Å². The molecule has 2 aromatic carbocycles. The van der Waals surface area contributed by atoms with Crippen molar-refractivity contribution in [2.75, 3.05) is 7.11 Å². The molecule has 0 aliphatic heterocycles. The van der Waals surface area contributed by atoms with E-state index in [1.165, 1.54) is 31.4 Å². The molecule has 0 N–H and O–H groups in total. The van der Waals surface area contributed by atoms with E-state index in [1.807, 2.05) is 24.3 Å². The fraction of sp³-hybridized carbons (Fsp3) is 0.278. The van der Waals surface area contributed by atoms with Gasteiger partial charge >= 0.3 is 0 Å². The van der Waals surface area contributed by atoms with Crippen molar-refractivity contribution in [3.05, 3.63) is 71.3 Å². The van der Waals surface area contributed by atoms with Gasteiger partial charge < -0.3 is 4.74 Å². The van der Waals surface area contributed by atoms with E-state index in [2.05, 4.69) is 4.74 Å². The monoisotopic (exact) mass is 304 g/mol. The topological polar surface area (TPSA) is 26.3 Å².